The number of benzene rings is 1. The van der Waals surface area contributed by atoms with Gasteiger partial charge in [0, 0.05) is 44.7 Å². The Morgan fingerprint density at radius 3 is 1.71 bits per heavy atom. The van der Waals surface area contributed by atoms with Gasteiger partial charge in [-0.3, -0.25) is 24.0 Å². The second kappa shape index (κ2) is 32.4. The summed E-state index contributed by atoms with van der Waals surface area (Å²) in [5, 5.41) is 14.4. The number of carboxylic acids is 1. The summed E-state index contributed by atoms with van der Waals surface area (Å²) in [4.78, 5) is 82.0. The summed E-state index contributed by atoms with van der Waals surface area (Å²) in [6.45, 7) is 1.07. The van der Waals surface area contributed by atoms with Crippen LogP contribution in [0.25, 0.3) is 0 Å². The number of carbonyl (C=O) groups is 6. The molecule has 0 atom stereocenters. The third-order valence-electron chi connectivity index (χ3n) is 9.57. The molecule has 21 nitrogen and oxygen atoms in total. The molecule has 2 heterocycles. The average molecular weight is 937 g/mol. The molecule has 22 heteroatoms. The van der Waals surface area contributed by atoms with Crippen LogP contribution in [0.5, 0.6) is 5.75 Å². The lowest BCUT2D eigenvalue weighted by Crippen LogP contribution is -2.33. The van der Waals surface area contributed by atoms with Crippen molar-refractivity contribution in [3.8, 4) is 5.75 Å². The number of aromatic nitrogens is 2. The standard InChI is InChI=1S/C43H64N6O15S/c50-37(44-21-24-59-27-29-62-33-41(55)64-49-38(51)19-20-39(49)52)32-61-28-26-60-25-22-45-42(56)34-30-46-43(47-31-34)48-65(57,58)36-17-15-35(16-18-36)63-23-13-11-9-7-5-3-1-2-4-6-8-10-12-14-40(53)54/h15-18,30-31H,1-14,19-29,32-33H2,(H,44,50)(H,45,56)(H,53,54)(H,46,47,48). The fourth-order valence-electron chi connectivity index (χ4n) is 6.10. The molecular weight excluding hydrogens is 873 g/mol. The van der Waals surface area contributed by atoms with E-state index in [1.54, 1.807) is 12.1 Å². The van der Waals surface area contributed by atoms with E-state index in [9.17, 15) is 37.2 Å². The number of carboxylic acid groups (broad SMARTS) is 1. The van der Waals surface area contributed by atoms with E-state index in [0.717, 1.165) is 38.5 Å². The molecule has 0 saturated carbocycles. The molecule has 4 amide bonds. The molecule has 1 aromatic heterocycles. The number of amides is 4. The molecule has 4 N–H and O–H groups in total. The van der Waals surface area contributed by atoms with Crippen molar-refractivity contribution in [3.63, 3.8) is 0 Å². The van der Waals surface area contributed by atoms with E-state index in [-0.39, 0.29) is 101 Å². The first-order chi connectivity index (χ1) is 31.4. The van der Waals surface area contributed by atoms with Gasteiger partial charge >= 0.3 is 11.9 Å². The van der Waals surface area contributed by atoms with Crippen LogP contribution in [0.2, 0.25) is 0 Å². The number of nitrogens with zero attached hydrogens (tertiary/aromatic N) is 3. The molecule has 1 aliphatic rings. The van der Waals surface area contributed by atoms with Gasteiger partial charge in [0.15, 0.2) is 0 Å². The zero-order valence-corrected chi connectivity index (χ0v) is 37.8. The largest absolute Gasteiger partial charge is 0.494 e. The lowest BCUT2D eigenvalue weighted by atomic mass is 10.0. The molecule has 65 heavy (non-hydrogen) atoms. The highest BCUT2D eigenvalue weighted by Crippen LogP contribution is 2.19. The van der Waals surface area contributed by atoms with Crippen LogP contribution < -0.4 is 20.1 Å². The lowest BCUT2D eigenvalue weighted by Gasteiger charge is -2.12. The number of hydrogen-bond donors (Lipinski definition) is 4. The van der Waals surface area contributed by atoms with Crippen LogP contribution in [0, 0.1) is 0 Å². The van der Waals surface area contributed by atoms with Gasteiger partial charge in [0.05, 0.1) is 56.7 Å². The first kappa shape index (κ1) is 54.0. The second-order valence-electron chi connectivity index (χ2n) is 14.9. The quantitative estimate of drug-likeness (QED) is 0.0551. The van der Waals surface area contributed by atoms with Gasteiger partial charge in [-0.05, 0) is 37.1 Å². The summed E-state index contributed by atoms with van der Waals surface area (Å²) >= 11 is 0. The van der Waals surface area contributed by atoms with Crippen molar-refractivity contribution in [2.45, 2.75) is 108 Å². The molecule has 0 bridgehead atoms. The summed E-state index contributed by atoms with van der Waals surface area (Å²) in [5.74, 6) is -3.23. The van der Waals surface area contributed by atoms with Gasteiger partial charge in [-0.15, -0.1) is 5.06 Å². The molecule has 362 valence electrons. The molecule has 3 rings (SSSR count). The molecule has 1 aliphatic heterocycles. The van der Waals surface area contributed by atoms with Crippen molar-refractivity contribution < 1.29 is 70.8 Å². The molecule has 0 spiro atoms. The van der Waals surface area contributed by atoms with Crippen LogP contribution in [0.15, 0.2) is 41.6 Å². The van der Waals surface area contributed by atoms with Crippen molar-refractivity contribution in [1.29, 1.82) is 0 Å². The number of nitrogens with one attached hydrogen (secondary N) is 3. The first-order valence-electron chi connectivity index (χ1n) is 22.2. The fraction of sp³-hybridized carbons (Fsp3) is 0.628. The molecule has 1 saturated heterocycles. The Morgan fingerprint density at radius 1 is 0.631 bits per heavy atom. The van der Waals surface area contributed by atoms with Crippen LogP contribution in [0.1, 0.15) is 113 Å². The zero-order chi connectivity index (χ0) is 47.0. The normalized spacial score (nSPS) is 12.6. The number of hydroxylamine groups is 2. The van der Waals surface area contributed by atoms with E-state index in [1.165, 1.54) is 69.5 Å². The summed E-state index contributed by atoms with van der Waals surface area (Å²) < 4.78 is 55.0. The summed E-state index contributed by atoms with van der Waals surface area (Å²) in [6, 6.07) is 6.06. The van der Waals surface area contributed by atoms with Crippen LogP contribution in [-0.2, 0) is 57.8 Å². The minimum absolute atomic E-state index is 0.000286. The van der Waals surface area contributed by atoms with Gasteiger partial charge in [-0.1, -0.05) is 70.6 Å². The number of carbonyl (C=O) groups excluding carboxylic acids is 5. The molecule has 0 unspecified atom stereocenters. The molecule has 1 fully saturated rings. The summed E-state index contributed by atoms with van der Waals surface area (Å²) in [6.07, 6.45) is 17.2. The van der Waals surface area contributed by atoms with Crippen molar-refractivity contribution in [2.24, 2.45) is 0 Å². The lowest BCUT2D eigenvalue weighted by molar-refractivity contribution is -0.200. The number of ether oxygens (including phenoxy) is 5. The van der Waals surface area contributed by atoms with Crippen LogP contribution in [0.3, 0.4) is 0 Å². The highest BCUT2D eigenvalue weighted by atomic mass is 32.2. The molecule has 1 aromatic carbocycles. The van der Waals surface area contributed by atoms with Crippen LogP contribution >= 0.6 is 0 Å². The molecular formula is C43H64N6O15S. The highest BCUT2D eigenvalue weighted by Gasteiger charge is 2.32. The Kier molecular flexibility index (Phi) is 26.9. The smallest absolute Gasteiger partial charge is 0.358 e. The maximum Gasteiger partial charge on any atom is 0.358 e. The van der Waals surface area contributed by atoms with Gasteiger partial charge in [-0.25, -0.2) is 27.9 Å². The van der Waals surface area contributed by atoms with Gasteiger partial charge in [0.25, 0.3) is 27.7 Å². The molecule has 0 radical (unpaired) electrons. The topological polar surface area (TPSA) is 277 Å². The summed E-state index contributed by atoms with van der Waals surface area (Å²) in [5.41, 5.74) is 0.114. The Morgan fingerprint density at radius 2 is 1.14 bits per heavy atom. The number of hydrogen-bond acceptors (Lipinski definition) is 16. The maximum atomic E-state index is 12.9. The SMILES string of the molecule is O=C(O)CCCCCCCCCCCCCCCOc1ccc(S(=O)(=O)Nc2ncc(C(=O)NCCOCCOCC(=O)NCCOCCOCC(=O)ON3C(=O)CCC3=O)cn2)cc1. The number of rotatable bonds is 38. The number of anilines is 1. The Hall–Kier alpha value is -5.29. The minimum Gasteiger partial charge on any atom is -0.494 e. The highest BCUT2D eigenvalue weighted by molar-refractivity contribution is 7.92. The maximum absolute atomic E-state index is 12.9. The summed E-state index contributed by atoms with van der Waals surface area (Å²) in [7, 11) is -4.00. The van der Waals surface area contributed by atoms with Gasteiger partial charge in [-0.2, -0.15) is 0 Å². The third kappa shape index (κ3) is 24.5. The monoisotopic (exact) mass is 936 g/mol. The Bertz CT molecular complexity index is 1840. The van der Waals surface area contributed by atoms with E-state index in [0.29, 0.717) is 17.4 Å². The van der Waals surface area contributed by atoms with E-state index >= 15 is 0 Å². The van der Waals surface area contributed by atoms with Crippen LogP contribution in [0.4, 0.5) is 5.95 Å². The predicted octanol–water partition coefficient (Wildman–Crippen LogP) is 3.72. The number of imide groups is 1. The second-order valence-corrected chi connectivity index (χ2v) is 16.6. The Balaban J connectivity index is 1.13. The number of unbranched alkanes of at least 4 members (excludes halogenated alkanes) is 12. The van der Waals surface area contributed by atoms with Crippen molar-refractivity contribution in [3.05, 3.63) is 42.2 Å². The van der Waals surface area contributed by atoms with Crippen molar-refractivity contribution >= 4 is 51.5 Å². The number of aliphatic carboxylic acids is 1. The fourth-order valence-corrected chi connectivity index (χ4v) is 7.06. The van der Waals surface area contributed by atoms with Crippen molar-refractivity contribution in [1.82, 2.24) is 25.7 Å². The predicted molar refractivity (Wildman–Crippen MR) is 233 cm³/mol. The first-order valence-corrected chi connectivity index (χ1v) is 23.6. The van der Waals surface area contributed by atoms with Gasteiger partial charge in [0.2, 0.25) is 11.9 Å². The van der Waals surface area contributed by atoms with E-state index in [1.807, 2.05) is 0 Å². The van der Waals surface area contributed by atoms with E-state index < -0.39 is 46.3 Å². The number of sulfonamides is 1. The molecule has 2 aromatic rings. The third-order valence-corrected chi connectivity index (χ3v) is 10.9. The zero-order valence-electron chi connectivity index (χ0n) is 37.0. The minimum atomic E-state index is -4.00. The van der Waals surface area contributed by atoms with E-state index in [4.69, 9.17) is 28.8 Å². The van der Waals surface area contributed by atoms with E-state index in [2.05, 4.69) is 30.2 Å². The van der Waals surface area contributed by atoms with Gasteiger partial charge in [0.1, 0.15) is 19.0 Å². The van der Waals surface area contributed by atoms with Crippen LogP contribution in [-0.4, -0.2) is 137 Å². The Labute approximate surface area is 380 Å². The average Bonchev–Trinajstić information content (AvgIpc) is 3.60. The van der Waals surface area contributed by atoms with Crippen molar-refractivity contribution in [2.75, 3.05) is 77.3 Å². The van der Waals surface area contributed by atoms with Gasteiger partial charge < -0.3 is 44.3 Å². The molecule has 0 aliphatic carbocycles.